The van der Waals surface area contributed by atoms with Gasteiger partial charge in [0.05, 0.1) is 27.9 Å². The highest BCUT2D eigenvalue weighted by Gasteiger charge is 2.75. The fourth-order valence-electron chi connectivity index (χ4n) is 5.66. The second-order valence-corrected chi connectivity index (χ2v) is 12.0. The van der Waals surface area contributed by atoms with Gasteiger partial charge in [-0.2, -0.15) is 18.4 Å². The van der Waals surface area contributed by atoms with Crippen molar-refractivity contribution in [2.45, 2.75) is 48.6 Å². The lowest BCUT2D eigenvalue weighted by Gasteiger charge is -2.31. The number of hydrogen-bond acceptors (Lipinski definition) is 7. The number of nitrogens with zero attached hydrogens (tertiary/aromatic N) is 2. The number of aryl methyl sites for hydroxylation is 1. The molecule has 2 aliphatic rings. The van der Waals surface area contributed by atoms with Gasteiger partial charge in [-0.15, -0.1) is 0 Å². The van der Waals surface area contributed by atoms with E-state index < -0.39 is 79.3 Å². The third-order valence-electron chi connectivity index (χ3n) is 7.80. The van der Waals surface area contributed by atoms with Crippen molar-refractivity contribution in [1.82, 2.24) is 4.98 Å². The van der Waals surface area contributed by atoms with E-state index in [9.17, 15) is 41.5 Å². The van der Waals surface area contributed by atoms with E-state index in [-0.39, 0.29) is 12.0 Å². The minimum atomic E-state index is -5.04. The van der Waals surface area contributed by atoms with Gasteiger partial charge in [-0.3, -0.25) is 14.6 Å². The summed E-state index contributed by atoms with van der Waals surface area (Å²) in [5.74, 6) is -3.71. The average molecular weight is 552 g/mol. The molecule has 1 heterocycles. The number of methoxy groups -OCH3 is 1. The summed E-state index contributed by atoms with van der Waals surface area (Å²) in [6.45, 7) is 1.71. The number of carbonyl (C=O) groups is 2. The van der Waals surface area contributed by atoms with Crippen LogP contribution in [0.1, 0.15) is 30.5 Å². The average Bonchev–Trinajstić information content (AvgIpc) is 3.48. The van der Waals surface area contributed by atoms with Crippen LogP contribution in [-0.4, -0.2) is 48.8 Å². The van der Waals surface area contributed by atoms with E-state index in [2.05, 4.69) is 4.98 Å². The van der Waals surface area contributed by atoms with Gasteiger partial charge in [0.25, 0.3) is 0 Å². The maximum absolute atomic E-state index is 14.1. The number of aromatic nitrogens is 1. The molecule has 0 saturated heterocycles. The number of aliphatic carboxylic acids is 1. The first-order valence-corrected chi connectivity index (χ1v) is 13.0. The lowest BCUT2D eigenvalue weighted by atomic mass is 9.75. The number of primary amides is 1. The first kappa shape index (κ1) is 27.5. The summed E-state index contributed by atoms with van der Waals surface area (Å²) >= 11 is 0. The second kappa shape index (κ2) is 9.06. The van der Waals surface area contributed by atoms with Crippen LogP contribution in [-0.2, 0) is 30.3 Å². The number of alkyl halides is 3. The quantitative estimate of drug-likeness (QED) is 0.531. The van der Waals surface area contributed by atoms with Crippen molar-refractivity contribution in [3.05, 3.63) is 47.8 Å². The van der Waals surface area contributed by atoms with Gasteiger partial charge in [0.2, 0.25) is 5.91 Å². The molecule has 2 aromatic rings. The van der Waals surface area contributed by atoms with E-state index in [1.165, 1.54) is 12.3 Å². The Bertz CT molecular complexity index is 1450. The fourth-order valence-corrected chi connectivity index (χ4v) is 7.68. The van der Waals surface area contributed by atoms with Crippen LogP contribution in [0, 0.1) is 35.0 Å². The van der Waals surface area contributed by atoms with E-state index in [1.807, 2.05) is 0 Å². The standard InChI is InChI=1S/C25H24F3N3O6S/c1-13-3-4-15(11-31-13)14-5-6-18(17(7-14)25(26,27)28)38(35,36)16-8-20(37-2)24(9-16,22(33)34)19-10-23(19,12-29)21(30)32/h3-7,11,16,19-20H,8-10H2,1-2H3,(H2,30,32)(H,33,34)/t16-,19?,20+,23?,24+/m0/s1. The Kier molecular flexibility index (Phi) is 6.56. The van der Waals surface area contributed by atoms with Gasteiger partial charge < -0.3 is 15.6 Å². The Labute approximate surface area is 216 Å². The number of sulfone groups is 1. The number of rotatable bonds is 7. The molecule has 2 saturated carbocycles. The number of carboxylic acids is 1. The first-order valence-electron chi connectivity index (χ1n) is 11.5. The molecule has 2 aliphatic carbocycles. The van der Waals surface area contributed by atoms with Crippen LogP contribution < -0.4 is 5.73 Å². The Balaban J connectivity index is 1.79. The molecule has 3 N–H and O–H groups in total. The van der Waals surface area contributed by atoms with Gasteiger partial charge in [-0.05, 0) is 49.9 Å². The van der Waals surface area contributed by atoms with Crippen molar-refractivity contribution in [3.8, 4) is 17.2 Å². The fraction of sp³-hybridized carbons (Fsp3) is 0.440. The highest BCUT2D eigenvalue weighted by Crippen LogP contribution is 2.66. The maximum Gasteiger partial charge on any atom is 0.417 e. The summed E-state index contributed by atoms with van der Waals surface area (Å²) in [5.41, 5.74) is 1.22. The first-order chi connectivity index (χ1) is 17.6. The van der Waals surface area contributed by atoms with Gasteiger partial charge in [-0.25, -0.2) is 8.42 Å². The van der Waals surface area contributed by atoms with Gasteiger partial charge in [-0.1, -0.05) is 12.1 Å². The number of hydrogen-bond donors (Lipinski definition) is 2. The predicted octanol–water partition coefficient (Wildman–Crippen LogP) is 3.11. The Morgan fingerprint density at radius 3 is 2.34 bits per heavy atom. The van der Waals surface area contributed by atoms with E-state index in [1.54, 1.807) is 25.1 Å². The minimum absolute atomic E-state index is 0.100. The van der Waals surface area contributed by atoms with Crippen molar-refractivity contribution >= 4 is 21.7 Å². The van der Waals surface area contributed by atoms with Crippen LogP contribution in [0.25, 0.3) is 11.1 Å². The molecular formula is C25H24F3N3O6S. The molecular weight excluding hydrogens is 527 g/mol. The molecule has 5 atom stereocenters. The normalized spacial score (nSPS) is 29.0. The minimum Gasteiger partial charge on any atom is -0.481 e. The number of amides is 1. The number of benzene rings is 1. The monoisotopic (exact) mass is 551 g/mol. The molecule has 1 aromatic carbocycles. The molecule has 0 bridgehead atoms. The van der Waals surface area contributed by atoms with Crippen molar-refractivity contribution < 1.29 is 41.0 Å². The highest BCUT2D eigenvalue weighted by atomic mass is 32.2. The zero-order chi connectivity index (χ0) is 28.3. The number of pyridine rings is 1. The Morgan fingerprint density at radius 2 is 1.87 bits per heavy atom. The molecule has 38 heavy (non-hydrogen) atoms. The molecule has 0 radical (unpaired) electrons. The highest BCUT2D eigenvalue weighted by molar-refractivity contribution is 7.92. The smallest absolute Gasteiger partial charge is 0.417 e. The van der Waals surface area contributed by atoms with E-state index in [0.29, 0.717) is 11.3 Å². The molecule has 1 aromatic heterocycles. The molecule has 1 amide bonds. The zero-order valence-corrected chi connectivity index (χ0v) is 21.1. The summed E-state index contributed by atoms with van der Waals surface area (Å²) < 4.78 is 75.0. The topological polar surface area (TPSA) is 160 Å². The van der Waals surface area contributed by atoms with E-state index >= 15 is 0 Å². The molecule has 4 rings (SSSR count). The van der Waals surface area contributed by atoms with Crippen molar-refractivity contribution in [2.75, 3.05) is 7.11 Å². The van der Waals surface area contributed by atoms with E-state index in [0.717, 1.165) is 19.2 Å². The van der Waals surface area contributed by atoms with Crippen molar-refractivity contribution in [3.63, 3.8) is 0 Å². The summed E-state index contributed by atoms with van der Waals surface area (Å²) in [5, 5.41) is 18.1. The van der Waals surface area contributed by atoms with Crippen molar-refractivity contribution in [2.24, 2.45) is 22.5 Å². The lowest BCUT2D eigenvalue weighted by Crippen LogP contribution is -2.44. The Hall–Kier alpha value is -3.50. The van der Waals surface area contributed by atoms with Crippen molar-refractivity contribution in [1.29, 1.82) is 5.26 Å². The summed E-state index contributed by atoms with van der Waals surface area (Å²) in [7, 11) is -3.61. The van der Waals surface area contributed by atoms with Gasteiger partial charge in [0.1, 0.15) is 10.8 Å². The molecule has 202 valence electrons. The number of nitrogens with two attached hydrogens (primary N) is 1. The second-order valence-electron chi connectivity index (χ2n) is 9.78. The van der Waals surface area contributed by atoms with Crippen LogP contribution in [0.3, 0.4) is 0 Å². The number of carboxylic acid groups (broad SMARTS) is 1. The SMILES string of the molecule is CO[C@@H]1C[C@H](S(=O)(=O)c2ccc(-c3ccc(C)nc3)cc2C(F)(F)F)C[C@@]1(C(=O)O)C1CC1(C#N)C(N)=O. The van der Waals surface area contributed by atoms with Crippen LogP contribution in [0.15, 0.2) is 41.4 Å². The van der Waals surface area contributed by atoms with Crippen LogP contribution in [0.4, 0.5) is 13.2 Å². The molecule has 0 spiro atoms. The van der Waals surface area contributed by atoms with Crippen LogP contribution >= 0.6 is 0 Å². The molecule has 2 fully saturated rings. The predicted molar refractivity (Wildman–Crippen MR) is 126 cm³/mol. The van der Waals surface area contributed by atoms with Gasteiger partial charge >= 0.3 is 12.1 Å². The van der Waals surface area contributed by atoms with Gasteiger partial charge in [0.15, 0.2) is 9.84 Å². The third kappa shape index (κ3) is 4.12. The number of nitriles is 1. The van der Waals surface area contributed by atoms with E-state index in [4.69, 9.17) is 10.5 Å². The van der Waals surface area contributed by atoms with Crippen LogP contribution in [0.2, 0.25) is 0 Å². The molecule has 0 aliphatic heterocycles. The number of carbonyl (C=O) groups excluding carboxylic acids is 1. The number of ether oxygens (including phenoxy) is 1. The molecule has 2 unspecified atom stereocenters. The van der Waals surface area contributed by atoms with Gasteiger partial charge in [0, 0.05) is 30.5 Å². The molecule has 13 heteroatoms. The Morgan fingerprint density at radius 1 is 1.21 bits per heavy atom. The largest absolute Gasteiger partial charge is 0.481 e. The zero-order valence-electron chi connectivity index (χ0n) is 20.3. The number of halogens is 3. The summed E-state index contributed by atoms with van der Waals surface area (Å²) in [4.78, 5) is 27.6. The summed E-state index contributed by atoms with van der Waals surface area (Å²) in [6.07, 6.45) is -6.26. The maximum atomic E-state index is 14.1. The third-order valence-corrected chi connectivity index (χ3v) is 10.0. The summed E-state index contributed by atoms with van der Waals surface area (Å²) in [6, 6.07) is 7.72. The lowest BCUT2D eigenvalue weighted by molar-refractivity contribution is -0.159. The van der Waals surface area contributed by atoms with Crippen LogP contribution in [0.5, 0.6) is 0 Å². The molecule has 9 nitrogen and oxygen atoms in total.